The van der Waals surface area contributed by atoms with Gasteiger partial charge in [-0.3, -0.25) is 0 Å². The Morgan fingerprint density at radius 1 is 0.375 bits per heavy atom. The molecule has 7 aromatic carbocycles. The predicted molar refractivity (Wildman–Crippen MR) is 170 cm³/mol. The summed E-state index contributed by atoms with van der Waals surface area (Å²) in [6, 6.07) is 50.8. The minimum absolute atomic E-state index is 1.17. The van der Waals surface area contributed by atoms with Crippen molar-refractivity contribution in [2.75, 3.05) is 0 Å². The molecule has 0 fully saturated rings. The lowest BCUT2D eigenvalue weighted by Crippen LogP contribution is -1.95. The summed E-state index contributed by atoms with van der Waals surface area (Å²) in [5, 5.41) is 11.6. The highest BCUT2D eigenvalue weighted by atomic mass is 15.0. The smallest absolute Gasteiger partial charge is 0.0628 e. The van der Waals surface area contributed by atoms with Gasteiger partial charge in [0.1, 0.15) is 0 Å². The second-order valence-corrected chi connectivity index (χ2v) is 10.6. The average Bonchev–Trinajstić information content (AvgIpc) is 3.61. The second-order valence-electron chi connectivity index (χ2n) is 10.6. The lowest BCUT2D eigenvalue weighted by molar-refractivity contribution is 1.13. The minimum atomic E-state index is 1.17. The molecule has 0 unspecified atom stereocenters. The number of rotatable bonds is 2. The van der Waals surface area contributed by atoms with Crippen molar-refractivity contribution in [2.24, 2.45) is 0 Å². The van der Waals surface area contributed by atoms with Crippen molar-refractivity contribution in [2.45, 2.75) is 0 Å². The largest absolute Gasteiger partial charge is 0.316 e. The summed E-state index contributed by atoms with van der Waals surface area (Å²) in [6.07, 6.45) is 2.19. The summed E-state index contributed by atoms with van der Waals surface area (Å²) in [5.41, 5.74) is 6.03. The van der Waals surface area contributed by atoms with E-state index in [1.54, 1.807) is 0 Å². The van der Waals surface area contributed by atoms with Gasteiger partial charge < -0.3 is 9.13 Å². The molecule has 0 saturated heterocycles. The molecule has 0 radical (unpaired) electrons. The minimum Gasteiger partial charge on any atom is -0.316 e. The maximum Gasteiger partial charge on any atom is 0.0628 e. The molecule has 40 heavy (non-hydrogen) atoms. The Bertz CT molecular complexity index is 2390. The van der Waals surface area contributed by atoms with Crippen LogP contribution in [0.4, 0.5) is 0 Å². The summed E-state index contributed by atoms with van der Waals surface area (Å²) in [6.45, 7) is 0. The van der Waals surface area contributed by atoms with E-state index >= 15 is 0 Å². The average molecular weight is 509 g/mol. The molecule has 0 bridgehead atoms. The predicted octanol–water partition coefficient (Wildman–Crippen LogP) is 10.2. The third-order valence-electron chi connectivity index (χ3n) is 8.51. The van der Waals surface area contributed by atoms with Crippen molar-refractivity contribution < 1.29 is 0 Å². The first-order valence-corrected chi connectivity index (χ1v) is 13.8. The fourth-order valence-corrected chi connectivity index (χ4v) is 6.80. The molecule has 0 atom stereocenters. The standard InChI is InChI=1S/C38H24N2/c1-2-10-26(11-3-1)39-23-22-25-18-21-36-37(38(25)39)33-16-8-9-17-35(33)40(36)27-19-20-32-30-14-5-4-12-28(30)29-13-6-7-15-31(29)34(32)24-27/h1-24H. The fraction of sp³-hybridized carbons (Fsp3) is 0. The normalized spacial score (nSPS) is 12.0. The highest BCUT2D eigenvalue weighted by Crippen LogP contribution is 2.40. The Morgan fingerprint density at radius 2 is 0.975 bits per heavy atom. The van der Waals surface area contributed by atoms with Crippen LogP contribution in [0.1, 0.15) is 0 Å². The number of para-hydroxylation sites is 2. The van der Waals surface area contributed by atoms with Gasteiger partial charge in [-0.25, -0.2) is 0 Å². The molecule has 0 aliphatic heterocycles. The molecule has 0 saturated carbocycles. The van der Waals surface area contributed by atoms with Crippen LogP contribution in [0.5, 0.6) is 0 Å². The molecule has 0 amide bonds. The molecule has 0 N–H and O–H groups in total. The van der Waals surface area contributed by atoms with Gasteiger partial charge in [0.05, 0.1) is 16.6 Å². The van der Waals surface area contributed by atoms with Crippen molar-refractivity contribution in [3.05, 3.63) is 146 Å². The molecule has 2 aromatic heterocycles. The highest BCUT2D eigenvalue weighted by Gasteiger charge is 2.18. The number of aromatic nitrogens is 2. The Labute approximate surface area is 230 Å². The van der Waals surface area contributed by atoms with Gasteiger partial charge in [0, 0.05) is 33.7 Å². The van der Waals surface area contributed by atoms with E-state index in [9.17, 15) is 0 Å². The van der Waals surface area contributed by atoms with Gasteiger partial charge in [-0.15, -0.1) is 0 Å². The van der Waals surface area contributed by atoms with Crippen molar-refractivity contribution in [3.63, 3.8) is 0 Å². The van der Waals surface area contributed by atoms with Crippen molar-refractivity contribution >= 4 is 65.0 Å². The van der Waals surface area contributed by atoms with Gasteiger partial charge in [0.25, 0.3) is 0 Å². The summed E-state index contributed by atoms with van der Waals surface area (Å²) in [7, 11) is 0. The van der Waals surface area contributed by atoms with Crippen LogP contribution in [0, 0.1) is 0 Å². The molecule has 2 heteroatoms. The van der Waals surface area contributed by atoms with Crippen LogP contribution in [0.2, 0.25) is 0 Å². The zero-order valence-electron chi connectivity index (χ0n) is 21.8. The van der Waals surface area contributed by atoms with E-state index in [0.29, 0.717) is 0 Å². The van der Waals surface area contributed by atoms with Crippen LogP contribution in [-0.2, 0) is 0 Å². The van der Waals surface area contributed by atoms with Gasteiger partial charge >= 0.3 is 0 Å². The van der Waals surface area contributed by atoms with Crippen molar-refractivity contribution in [1.29, 1.82) is 0 Å². The molecule has 2 nitrogen and oxygen atoms in total. The summed E-state index contributed by atoms with van der Waals surface area (Å²) in [4.78, 5) is 0. The first-order chi connectivity index (χ1) is 19.9. The topological polar surface area (TPSA) is 9.86 Å². The Hall–Kier alpha value is -5.34. The first-order valence-electron chi connectivity index (χ1n) is 13.8. The van der Waals surface area contributed by atoms with E-state index in [-0.39, 0.29) is 0 Å². The van der Waals surface area contributed by atoms with Crippen LogP contribution in [-0.4, -0.2) is 9.13 Å². The third-order valence-corrected chi connectivity index (χ3v) is 8.51. The Kier molecular flexibility index (Phi) is 4.36. The third kappa shape index (κ3) is 2.88. The van der Waals surface area contributed by atoms with E-state index in [4.69, 9.17) is 0 Å². The van der Waals surface area contributed by atoms with Crippen LogP contribution >= 0.6 is 0 Å². The molecular weight excluding hydrogens is 484 g/mol. The quantitative estimate of drug-likeness (QED) is 0.206. The molecule has 0 aliphatic carbocycles. The monoisotopic (exact) mass is 508 g/mol. The van der Waals surface area contributed by atoms with Crippen molar-refractivity contribution in [1.82, 2.24) is 9.13 Å². The van der Waals surface area contributed by atoms with E-state index in [1.807, 2.05) is 0 Å². The van der Waals surface area contributed by atoms with E-state index in [2.05, 4.69) is 155 Å². The van der Waals surface area contributed by atoms with E-state index in [0.717, 1.165) is 0 Å². The molecule has 186 valence electrons. The lowest BCUT2D eigenvalue weighted by Gasteiger charge is -2.14. The van der Waals surface area contributed by atoms with E-state index < -0.39 is 0 Å². The van der Waals surface area contributed by atoms with Crippen LogP contribution in [0.3, 0.4) is 0 Å². The highest BCUT2D eigenvalue weighted by molar-refractivity contribution is 6.26. The molecule has 0 aliphatic rings. The zero-order chi connectivity index (χ0) is 26.2. The number of benzene rings is 7. The van der Waals surface area contributed by atoms with Gasteiger partial charge in [0.2, 0.25) is 0 Å². The Balaban J connectivity index is 1.42. The second kappa shape index (κ2) is 8.08. The number of fused-ring (bicyclic) bond motifs is 11. The maximum atomic E-state index is 2.44. The molecule has 2 heterocycles. The molecule has 0 spiro atoms. The van der Waals surface area contributed by atoms with Gasteiger partial charge in [-0.05, 0) is 74.8 Å². The van der Waals surface area contributed by atoms with Gasteiger partial charge in [-0.1, -0.05) is 97.1 Å². The number of hydrogen-bond acceptors (Lipinski definition) is 0. The van der Waals surface area contributed by atoms with E-state index in [1.165, 1.54) is 76.4 Å². The number of hydrogen-bond donors (Lipinski definition) is 0. The molecular formula is C38H24N2. The zero-order valence-corrected chi connectivity index (χ0v) is 21.8. The van der Waals surface area contributed by atoms with Crippen molar-refractivity contribution in [3.8, 4) is 11.4 Å². The van der Waals surface area contributed by atoms with Crippen LogP contribution in [0.25, 0.3) is 76.4 Å². The fourth-order valence-electron chi connectivity index (χ4n) is 6.80. The van der Waals surface area contributed by atoms with Crippen LogP contribution in [0.15, 0.2) is 146 Å². The lowest BCUT2D eigenvalue weighted by atomic mass is 9.94. The number of nitrogens with zero attached hydrogens (tertiary/aromatic N) is 2. The maximum absolute atomic E-state index is 2.44. The first kappa shape index (κ1) is 21.6. The Morgan fingerprint density at radius 3 is 1.70 bits per heavy atom. The summed E-state index contributed by atoms with van der Waals surface area (Å²) in [5.74, 6) is 0. The van der Waals surface area contributed by atoms with Crippen LogP contribution < -0.4 is 0 Å². The molecule has 9 rings (SSSR count). The SMILES string of the molecule is c1ccc(-n2ccc3ccc4c(c5ccccc5n4-c4ccc5c6ccccc6c6ccccc6c5c4)c32)cc1. The molecule has 9 aromatic rings. The summed E-state index contributed by atoms with van der Waals surface area (Å²) < 4.78 is 4.77. The summed E-state index contributed by atoms with van der Waals surface area (Å²) >= 11 is 0. The van der Waals surface area contributed by atoms with Gasteiger partial charge in [0.15, 0.2) is 0 Å². The van der Waals surface area contributed by atoms with Gasteiger partial charge in [-0.2, -0.15) is 0 Å².